The fourth-order valence-corrected chi connectivity index (χ4v) is 3.21. The van der Waals surface area contributed by atoms with Crippen LogP contribution in [0.4, 0.5) is 11.4 Å². The van der Waals surface area contributed by atoms with Gasteiger partial charge in [0.25, 0.3) is 5.91 Å². The van der Waals surface area contributed by atoms with Crippen LogP contribution in [0.25, 0.3) is 0 Å². The van der Waals surface area contributed by atoms with E-state index in [0.29, 0.717) is 10.7 Å². The number of carbonyl (C=O) groups is 3. The van der Waals surface area contributed by atoms with Crippen LogP contribution in [-0.4, -0.2) is 30.9 Å². The van der Waals surface area contributed by atoms with E-state index < -0.39 is 24.4 Å². The van der Waals surface area contributed by atoms with E-state index in [2.05, 4.69) is 21.2 Å². The first-order valence-corrected chi connectivity index (χ1v) is 9.37. The molecule has 2 amide bonds. The van der Waals surface area contributed by atoms with Crippen LogP contribution < -0.4 is 10.2 Å². The summed E-state index contributed by atoms with van der Waals surface area (Å²) in [6, 6.07) is 13.9. The zero-order valence-corrected chi connectivity index (χ0v) is 16.5. The molecule has 1 aliphatic rings. The number of hydrogen-bond acceptors (Lipinski definition) is 4. The van der Waals surface area contributed by atoms with Crippen LogP contribution in [0.3, 0.4) is 0 Å². The number of amides is 2. The fourth-order valence-electron chi connectivity index (χ4n) is 2.75. The summed E-state index contributed by atoms with van der Waals surface area (Å²) in [5.41, 5.74) is 1.23. The maximum atomic E-state index is 12.2. The summed E-state index contributed by atoms with van der Waals surface area (Å²) in [5.74, 6) is -1.79. The quantitative estimate of drug-likeness (QED) is 0.704. The van der Waals surface area contributed by atoms with Gasteiger partial charge in [0, 0.05) is 33.8 Å². The van der Waals surface area contributed by atoms with Gasteiger partial charge in [-0.15, -0.1) is 0 Å². The van der Waals surface area contributed by atoms with Crippen molar-refractivity contribution < 1.29 is 19.1 Å². The van der Waals surface area contributed by atoms with Gasteiger partial charge in [0.05, 0.1) is 5.92 Å². The lowest BCUT2D eigenvalue weighted by Crippen LogP contribution is -2.28. The molecular weight excluding hydrogens is 436 g/mol. The molecule has 2 aromatic rings. The molecule has 6 nitrogen and oxygen atoms in total. The molecule has 0 radical (unpaired) electrons. The van der Waals surface area contributed by atoms with Crippen LogP contribution in [-0.2, 0) is 19.1 Å². The van der Waals surface area contributed by atoms with Crippen molar-refractivity contribution >= 4 is 56.7 Å². The molecule has 1 fully saturated rings. The summed E-state index contributed by atoms with van der Waals surface area (Å²) in [5, 5.41) is 3.08. The van der Waals surface area contributed by atoms with Gasteiger partial charge in [-0.1, -0.05) is 33.6 Å². The maximum absolute atomic E-state index is 12.2. The smallest absolute Gasteiger partial charge is 0.311 e. The number of rotatable bonds is 5. The van der Waals surface area contributed by atoms with E-state index in [0.717, 1.165) is 10.2 Å². The van der Waals surface area contributed by atoms with Crippen molar-refractivity contribution in [3.63, 3.8) is 0 Å². The normalized spacial score (nSPS) is 16.3. The monoisotopic (exact) mass is 450 g/mol. The molecule has 1 aliphatic heterocycles. The molecule has 3 rings (SSSR count). The number of benzene rings is 2. The first kappa shape index (κ1) is 19.4. The van der Waals surface area contributed by atoms with E-state index in [1.54, 1.807) is 41.3 Å². The highest BCUT2D eigenvalue weighted by Crippen LogP contribution is 2.27. The lowest BCUT2D eigenvalue weighted by Gasteiger charge is -2.16. The second-order valence-electron chi connectivity index (χ2n) is 6.05. The third-order valence-corrected chi connectivity index (χ3v) is 4.81. The van der Waals surface area contributed by atoms with Gasteiger partial charge in [-0.25, -0.2) is 0 Å². The van der Waals surface area contributed by atoms with Crippen LogP contribution in [0, 0.1) is 5.92 Å². The Morgan fingerprint density at radius 1 is 1.22 bits per heavy atom. The second kappa shape index (κ2) is 8.54. The molecule has 0 aliphatic carbocycles. The van der Waals surface area contributed by atoms with Gasteiger partial charge >= 0.3 is 5.97 Å². The van der Waals surface area contributed by atoms with Crippen molar-refractivity contribution in [3.8, 4) is 0 Å². The lowest BCUT2D eigenvalue weighted by atomic mass is 10.1. The Balaban J connectivity index is 1.52. The molecule has 140 valence electrons. The number of nitrogens with zero attached hydrogens (tertiary/aromatic N) is 1. The predicted octanol–water partition coefficient (Wildman–Crippen LogP) is 3.64. The van der Waals surface area contributed by atoms with Crippen molar-refractivity contribution in [3.05, 3.63) is 58.0 Å². The largest absolute Gasteiger partial charge is 0.455 e. The van der Waals surface area contributed by atoms with Crippen molar-refractivity contribution in [2.24, 2.45) is 5.92 Å². The maximum Gasteiger partial charge on any atom is 0.311 e. The summed E-state index contributed by atoms with van der Waals surface area (Å²) >= 11 is 9.20. The number of hydrogen-bond donors (Lipinski definition) is 1. The first-order chi connectivity index (χ1) is 12.9. The Morgan fingerprint density at radius 3 is 2.67 bits per heavy atom. The highest BCUT2D eigenvalue weighted by molar-refractivity contribution is 9.10. The molecule has 1 N–H and O–H groups in total. The summed E-state index contributed by atoms with van der Waals surface area (Å²) in [6.45, 7) is -0.191. The molecule has 0 unspecified atom stereocenters. The molecule has 1 atom stereocenters. The van der Waals surface area contributed by atoms with E-state index in [9.17, 15) is 14.4 Å². The van der Waals surface area contributed by atoms with Gasteiger partial charge in [0.15, 0.2) is 6.61 Å². The van der Waals surface area contributed by atoms with Gasteiger partial charge < -0.3 is 15.0 Å². The lowest BCUT2D eigenvalue weighted by molar-refractivity contribution is -0.151. The summed E-state index contributed by atoms with van der Waals surface area (Å²) in [7, 11) is 0. The Kier molecular flexibility index (Phi) is 6.13. The van der Waals surface area contributed by atoms with Gasteiger partial charge in [-0.2, -0.15) is 0 Å². The fraction of sp³-hybridized carbons (Fsp3) is 0.211. The van der Waals surface area contributed by atoms with Gasteiger partial charge in [0.1, 0.15) is 0 Å². The van der Waals surface area contributed by atoms with Crippen molar-refractivity contribution in [2.75, 3.05) is 23.4 Å². The molecule has 1 heterocycles. The van der Waals surface area contributed by atoms with E-state index >= 15 is 0 Å². The highest BCUT2D eigenvalue weighted by atomic mass is 79.9. The van der Waals surface area contributed by atoms with Gasteiger partial charge in [0.2, 0.25) is 5.91 Å². The number of halogens is 2. The van der Waals surface area contributed by atoms with Crippen molar-refractivity contribution in [2.45, 2.75) is 6.42 Å². The molecule has 2 aromatic carbocycles. The summed E-state index contributed by atoms with van der Waals surface area (Å²) in [6.07, 6.45) is 0.0603. The van der Waals surface area contributed by atoms with E-state index in [1.165, 1.54) is 0 Å². The second-order valence-corrected chi connectivity index (χ2v) is 7.40. The average Bonchev–Trinajstić information content (AvgIpc) is 3.02. The third kappa shape index (κ3) is 5.08. The Labute approximate surface area is 169 Å². The van der Waals surface area contributed by atoms with Crippen molar-refractivity contribution in [1.82, 2.24) is 0 Å². The zero-order valence-electron chi connectivity index (χ0n) is 14.2. The number of nitrogens with one attached hydrogen (secondary N) is 1. The summed E-state index contributed by atoms with van der Waals surface area (Å²) in [4.78, 5) is 37.9. The molecule has 0 saturated carbocycles. The van der Waals surface area contributed by atoms with E-state index in [-0.39, 0.29) is 18.9 Å². The van der Waals surface area contributed by atoms with E-state index in [1.807, 2.05) is 12.1 Å². The zero-order chi connectivity index (χ0) is 19.4. The molecule has 0 aromatic heterocycles. The molecule has 0 bridgehead atoms. The number of ether oxygens (including phenoxy) is 1. The minimum absolute atomic E-state index is 0.0603. The molecule has 0 spiro atoms. The Bertz CT molecular complexity index is 872. The van der Waals surface area contributed by atoms with Gasteiger partial charge in [-0.05, 0) is 42.5 Å². The number of esters is 1. The molecular formula is C19H16BrClN2O4. The minimum Gasteiger partial charge on any atom is -0.455 e. The minimum atomic E-state index is -0.597. The van der Waals surface area contributed by atoms with Crippen LogP contribution in [0.2, 0.25) is 5.02 Å². The van der Waals surface area contributed by atoms with Crippen LogP contribution in [0.15, 0.2) is 53.0 Å². The SMILES string of the molecule is O=C(COC(=O)[C@@H]1CC(=O)N(c2ccc(Br)cc2)C1)Nc1cccc(Cl)c1. The van der Waals surface area contributed by atoms with Crippen LogP contribution in [0.1, 0.15) is 6.42 Å². The molecule has 27 heavy (non-hydrogen) atoms. The number of carbonyl (C=O) groups excluding carboxylic acids is 3. The number of anilines is 2. The van der Waals surface area contributed by atoms with Crippen LogP contribution >= 0.6 is 27.5 Å². The predicted molar refractivity (Wildman–Crippen MR) is 106 cm³/mol. The first-order valence-electron chi connectivity index (χ1n) is 8.20. The van der Waals surface area contributed by atoms with E-state index in [4.69, 9.17) is 16.3 Å². The van der Waals surface area contributed by atoms with Crippen molar-refractivity contribution in [1.29, 1.82) is 0 Å². The Morgan fingerprint density at radius 2 is 1.96 bits per heavy atom. The highest BCUT2D eigenvalue weighted by Gasteiger charge is 2.36. The Hall–Kier alpha value is -2.38. The average molecular weight is 452 g/mol. The molecule has 1 saturated heterocycles. The standard InChI is InChI=1S/C19H16BrClN2O4/c20-13-4-6-16(7-5-13)23-10-12(8-18(23)25)19(26)27-11-17(24)22-15-3-1-2-14(21)9-15/h1-7,9,12H,8,10-11H2,(H,22,24)/t12-/m1/s1. The molecule has 8 heteroatoms. The third-order valence-electron chi connectivity index (χ3n) is 4.05. The topological polar surface area (TPSA) is 75.7 Å². The summed E-state index contributed by atoms with van der Waals surface area (Å²) < 4.78 is 5.97. The van der Waals surface area contributed by atoms with Gasteiger partial charge in [-0.3, -0.25) is 14.4 Å². The van der Waals surface area contributed by atoms with Crippen LogP contribution in [0.5, 0.6) is 0 Å².